The highest BCUT2D eigenvalue weighted by Crippen LogP contribution is 2.30. The van der Waals surface area contributed by atoms with E-state index in [-0.39, 0.29) is 4.90 Å². The fraction of sp³-hybridized carbons (Fsp3) is 0.278. The molecule has 2 aromatic rings. The molecule has 0 spiro atoms. The predicted molar refractivity (Wildman–Crippen MR) is 94.9 cm³/mol. The summed E-state index contributed by atoms with van der Waals surface area (Å²) in [5.74, 6) is -0.531. The predicted octanol–water partition coefficient (Wildman–Crippen LogP) is 3.01. The summed E-state index contributed by atoms with van der Waals surface area (Å²) in [6.45, 7) is 5.90. The molecule has 1 aliphatic heterocycles. The number of nitrogens with zero attached hydrogens (tertiary/aromatic N) is 1. The number of hydrogen-bond donors (Lipinski definition) is 1. The average molecular weight is 344 g/mol. The van der Waals surface area contributed by atoms with Gasteiger partial charge in [-0.15, -0.1) is 0 Å². The minimum atomic E-state index is -3.95. The van der Waals surface area contributed by atoms with Crippen molar-refractivity contribution in [1.82, 2.24) is 0 Å². The van der Waals surface area contributed by atoms with Crippen molar-refractivity contribution < 1.29 is 13.2 Å². The van der Waals surface area contributed by atoms with Crippen LogP contribution in [0.5, 0.6) is 0 Å². The molecule has 0 saturated carbocycles. The largest absolute Gasteiger partial charge is 0.384 e. The molecule has 0 bridgehead atoms. The van der Waals surface area contributed by atoms with Crippen molar-refractivity contribution in [1.29, 1.82) is 0 Å². The van der Waals surface area contributed by atoms with Crippen LogP contribution in [0.4, 0.5) is 11.4 Å². The fourth-order valence-corrected chi connectivity index (χ4v) is 4.36. The molecule has 0 saturated heterocycles. The van der Waals surface area contributed by atoms with E-state index in [0.717, 1.165) is 39.6 Å². The van der Waals surface area contributed by atoms with E-state index in [1.807, 2.05) is 19.9 Å². The molecule has 0 unspecified atom stereocenters. The first-order valence-corrected chi connectivity index (χ1v) is 9.24. The Kier molecular flexibility index (Phi) is 4.09. The number of nitrogens with one attached hydrogen (secondary N) is 1. The Morgan fingerprint density at radius 3 is 2.50 bits per heavy atom. The van der Waals surface area contributed by atoms with Gasteiger partial charge in [-0.1, -0.05) is 6.07 Å². The quantitative estimate of drug-likeness (QED) is 0.929. The summed E-state index contributed by atoms with van der Waals surface area (Å²) in [6.07, 6.45) is 0.780. The summed E-state index contributed by atoms with van der Waals surface area (Å²) in [7, 11) is -3.95. The Labute approximate surface area is 142 Å². The highest BCUT2D eigenvalue weighted by atomic mass is 32.2. The van der Waals surface area contributed by atoms with Gasteiger partial charge in [-0.05, 0) is 67.3 Å². The van der Waals surface area contributed by atoms with Crippen LogP contribution in [0.1, 0.15) is 23.6 Å². The van der Waals surface area contributed by atoms with Gasteiger partial charge >= 0.3 is 0 Å². The summed E-state index contributed by atoms with van der Waals surface area (Å²) in [6, 6.07) is 10.2. The monoisotopic (exact) mass is 344 g/mol. The number of rotatable bonds is 3. The first kappa shape index (κ1) is 16.5. The van der Waals surface area contributed by atoms with Gasteiger partial charge in [-0.25, -0.2) is 12.7 Å². The lowest BCUT2D eigenvalue weighted by Crippen LogP contribution is -2.35. The minimum absolute atomic E-state index is 0.137. The van der Waals surface area contributed by atoms with E-state index in [4.69, 9.17) is 0 Å². The third-order valence-corrected chi connectivity index (χ3v) is 6.13. The Morgan fingerprint density at radius 2 is 1.83 bits per heavy atom. The summed E-state index contributed by atoms with van der Waals surface area (Å²) < 4.78 is 27.0. The van der Waals surface area contributed by atoms with Gasteiger partial charge in [0, 0.05) is 19.2 Å². The second-order valence-electron chi connectivity index (χ2n) is 6.05. The topological polar surface area (TPSA) is 66.5 Å². The molecule has 0 aliphatic carbocycles. The number of anilines is 2. The van der Waals surface area contributed by atoms with Crippen molar-refractivity contribution >= 4 is 27.3 Å². The number of carbonyl (C=O) groups is 1. The van der Waals surface area contributed by atoms with Crippen LogP contribution in [0.25, 0.3) is 0 Å². The third-order valence-electron chi connectivity index (χ3n) is 4.34. The molecule has 1 aliphatic rings. The van der Waals surface area contributed by atoms with Crippen molar-refractivity contribution in [2.75, 3.05) is 16.2 Å². The number of carbonyl (C=O) groups excluding carboxylic acids is 1. The van der Waals surface area contributed by atoms with E-state index >= 15 is 0 Å². The highest BCUT2D eigenvalue weighted by Gasteiger charge is 2.29. The van der Waals surface area contributed by atoms with Crippen LogP contribution in [0.3, 0.4) is 0 Å². The maximum Gasteiger partial charge on any atom is 0.270 e. The molecule has 5 nitrogen and oxygen atoms in total. The highest BCUT2D eigenvalue weighted by molar-refractivity contribution is 7.93. The first-order valence-electron chi connectivity index (χ1n) is 7.80. The van der Waals surface area contributed by atoms with E-state index < -0.39 is 15.9 Å². The maximum atomic E-state index is 13.1. The summed E-state index contributed by atoms with van der Waals surface area (Å²) in [5.41, 5.74) is 4.26. The lowest BCUT2D eigenvalue weighted by Gasteiger charge is -2.22. The Hall–Kier alpha value is -2.34. The van der Waals surface area contributed by atoms with Gasteiger partial charge in [0.05, 0.1) is 10.6 Å². The van der Waals surface area contributed by atoms with Crippen molar-refractivity contribution in [3.8, 4) is 0 Å². The van der Waals surface area contributed by atoms with Gasteiger partial charge in [-0.3, -0.25) is 4.79 Å². The molecule has 2 aromatic carbocycles. The van der Waals surface area contributed by atoms with Crippen LogP contribution in [-0.4, -0.2) is 20.9 Å². The van der Waals surface area contributed by atoms with E-state index in [1.54, 1.807) is 30.3 Å². The van der Waals surface area contributed by atoms with Gasteiger partial charge in [0.2, 0.25) is 5.91 Å². The zero-order valence-corrected chi connectivity index (χ0v) is 14.8. The number of amides is 1. The Morgan fingerprint density at radius 1 is 1.08 bits per heavy atom. The summed E-state index contributed by atoms with van der Waals surface area (Å²) in [4.78, 5) is 12.3. The van der Waals surface area contributed by atoms with Gasteiger partial charge in [0.1, 0.15) is 0 Å². The minimum Gasteiger partial charge on any atom is -0.384 e. The standard InChI is InChI=1S/C18H20N2O3S/c1-12-4-5-16(10-13(12)2)20(14(3)21)24(22,23)17-6-7-18-15(11-17)8-9-19-18/h4-7,10-11,19H,8-9H2,1-3H3. The number of benzene rings is 2. The molecule has 3 rings (SSSR count). The van der Waals surface area contributed by atoms with Crippen molar-refractivity contribution in [3.63, 3.8) is 0 Å². The zero-order chi connectivity index (χ0) is 17.5. The van der Waals surface area contributed by atoms with Gasteiger partial charge in [0.15, 0.2) is 0 Å². The van der Waals surface area contributed by atoms with Crippen LogP contribution in [-0.2, 0) is 21.2 Å². The lowest BCUT2D eigenvalue weighted by molar-refractivity contribution is -0.115. The molecule has 1 amide bonds. The Bertz CT molecular complexity index is 920. The summed E-state index contributed by atoms with van der Waals surface area (Å²) >= 11 is 0. The number of aryl methyl sites for hydroxylation is 2. The second kappa shape index (κ2) is 5.94. The van der Waals surface area contributed by atoms with Gasteiger partial charge < -0.3 is 5.32 Å². The summed E-state index contributed by atoms with van der Waals surface area (Å²) in [5, 5.41) is 3.20. The van der Waals surface area contributed by atoms with Crippen LogP contribution in [0.15, 0.2) is 41.3 Å². The molecule has 6 heteroatoms. The lowest BCUT2D eigenvalue weighted by atomic mass is 10.1. The van der Waals surface area contributed by atoms with E-state index in [0.29, 0.717) is 5.69 Å². The average Bonchev–Trinajstić information content (AvgIpc) is 2.98. The van der Waals surface area contributed by atoms with Crippen LogP contribution in [0, 0.1) is 13.8 Å². The second-order valence-corrected chi connectivity index (χ2v) is 7.84. The van der Waals surface area contributed by atoms with Crippen molar-refractivity contribution in [2.24, 2.45) is 0 Å². The molecule has 0 aromatic heterocycles. The maximum absolute atomic E-state index is 13.1. The molecular formula is C18H20N2O3S. The molecule has 0 fully saturated rings. The van der Waals surface area contributed by atoms with Crippen LogP contribution < -0.4 is 9.62 Å². The smallest absolute Gasteiger partial charge is 0.270 e. The van der Waals surface area contributed by atoms with Crippen molar-refractivity contribution in [2.45, 2.75) is 32.1 Å². The number of fused-ring (bicyclic) bond motifs is 1. The van der Waals surface area contributed by atoms with Crippen molar-refractivity contribution in [3.05, 3.63) is 53.1 Å². The molecule has 0 radical (unpaired) electrons. The molecule has 126 valence electrons. The normalized spacial score (nSPS) is 13.3. The molecule has 24 heavy (non-hydrogen) atoms. The molecule has 1 N–H and O–H groups in total. The number of hydrogen-bond acceptors (Lipinski definition) is 4. The van der Waals surface area contributed by atoms with E-state index in [2.05, 4.69) is 5.32 Å². The van der Waals surface area contributed by atoms with Crippen LogP contribution in [0.2, 0.25) is 0 Å². The fourth-order valence-electron chi connectivity index (χ4n) is 2.89. The van der Waals surface area contributed by atoms with Crippen LogP contribution >= 0.6 is 0 Å². The zero-order valence-electron chi connectivity index (χ0n) is 14.0. The molecule has 1 heterocycles. The Balaban J connectivity index is 2.10. The number of sulfonamides is 1. The SMILES string of the molecule is CC(=O)N(c1ccc(C)c(C)c1)S(=O)(=O)c1ccc2c(c1)CCN2. The van der Waals surface area contributed by atoms with E-state index in [9.17, 15) is 13.2 Å². The first-order chi connectivity index (χ1) is 11.3. The van der Waals surface area contributed by atoms with Gasteiger partial charge in [-0.2, -0.15) is 0 Å². The van der Waals surface area contributed by atoms with Gasteiger partial charge in [0.25, 0.3) is 10.0 Å². The van der Waals surface area contributed by atoms with E-state index in [1.165, 1.54) is 6.92 Å². The third kappa shape index (κ3) is 2.78. The molecular weight excluding hydrogens is 324 g/mol. The molecule has 0 atom stereocenters.